The van der Waals surface area contributed by atoms with Crippen LogP contribution in [0.15, 0.2) is 17.1 Å². The van der Waals surface area contributed by atoms with Gasteiger partial charge in [0.25, 0.3) is 0 Å². The van der Waals surface area contributed by atoms with E-state index in [4.69, 9.17) is 0 Å². The van der Waals surface area contributed by atoms with Gasteiger partial charge in [-0.15, -0.1) is 0 Å². The molecular formula is C12H19N. The fourth-order valence-corrected chi connectivity index (χ4v) is 2.44. The number of hydrogen-bond acceptors (Lipinski definition) is 1. The lowest BCUT2D eigenvalue weighted by molar-refractivity contribution is 0.418. The van der Waals surface area contributed by atoms with Gasteiger partial charge in [-0.25, -0.2) is 0 Å². The average Bonchev–Trinajstić information content (AvgIpc) is 2.47. The van der Waals surface area contributed by atoms with Crippen molar-refractivity contribution in [3.05, 3.63) is 12.2 Å². The zero-order chi connectivity index (χ0) is 8.93. The van der Waals surface area contributed by atoms with Crippen LogP contribution in [0.1, 0.15) is 44.9 Å². The molecule has 0 amide bonds. The van der Waals surface area contributed by atoms with E-state index in [2.05, 4.69) is 23.4 Å². The first kappa shape index (κ1) is 8.98. The van der Waals surface area contributed by atoms with Crippen LogP contribution in [0.5, 0.6) is 0 Å². The summed E-state index contributed by atoms with van der Waals surface area (Å²) in [6, 6.07) is 0.520. The van der Waals surface area contributed by atoms with Crippen molar-refractivity contribution in [3.63, 3.8) is 0 Å². The SMILES string of the molecule is C1=CC(C2CCCCCC2)N=CC1. The molecule has 1 aliphatic heterocycles. The van der Waals surface area contributed by atoms with E-state index in [1.165, 1.54) is 38.5 Å². The van der Waals surface area contributed by atoms with Crippen LogP contribution in [0.3, 0.4) is 0 Å². The Morgan fingerprint density at radius 3 is 2.38 bits per heavy atom. The van der Waals surface area contributed by atoms with E-state index in [0.29, 0.717) is 6.04 Å². The minimum Gasteiger partial charge on any atom is -0.289 e. The van der Waals surface area contributed by atoms with E-state index in [0.717, 1.165) is 12.3 Å². The molecule has 0 saturated heterocycles. The van der Waals surface area contributed by atoms with Gasteiger partial charge >= 0.3 is 0 Å². The molecule has 1 atom stereocenters. The standard InChI is InChI=1S/C12H19N/c1-2-4-8-11(7-3-1)12-9-5-6-10-13-12/h5,9-12H,1-4,6-8H2. The van der Waals surface area contributed by atoms with Gasteiger partial charge in [0, 0.05) is 12.6 Å². The van der Waals surface area contributed by atoms with Crippen molar-refractivity contribution in [3.8, 4) is 0 Å². The molecule has 1 nitrogen and oxygen atoms in total. The van der Waals surface area contributed by atoms with Gasteiger partial charge in [-0.05, 0) is 18.8 Å². The first-order chi connectivity index (χ1) is 6.47. The molecule has 1 heteroatoms. The lowest BCUT2D eigenvalue weighted by atomic mass is 9.91. The maximum atomic E-state index is 4.58. The molecule has 0 aromatic carbocycles. The minimum atomic E-state index is 0.520. The van der Waals surface area contributed by atoms with Crippen LogP contribution in [0.2, 0.25) is 0 Å². The van der Waals surface area contributed by atoms with Crippen molar-refractivity contribution in [1.29, 1.82) is 0 Å². The fourth-order valence-electron chi connectivity index (χ4n) is 2.44. The maximum absolute atomic E-state index is 4.58. The van der Waals surface area contributed by atoms with Gasteiger partial charge in [0.1, 0.15) is 0 Å². The van der Waals surface area contributed by atoms with E-state index in [-0.39, 0.29) is 0 Å². The largest absolute Gasteiger partial charge is 0.289 e. The van der Waals surface area contributed by atoms with Crippen molar-refractivity contribution in [2.45, 2.75) is 51.0 Å². The van der Waals surface area contributed by atoms with Gasteiger partial charge in [-0.2, -0.15) is 0 Å². The highest BCUT2D eigenvalue weighted by atomic mass is 14.8. The summed E-state index contributed by atoms with van der Waals surface area (Å²) in [6.07, 6.45) is 16.2. The molecule has 1 fully saturated rings. The third-order valence-corrected chi connectivity index (χ3v) is 3.24. The predicted octanol–water partition coefficient (Wildman–Crippen LogP) is 3.36. The van der Waals surface area contributed by atoms with Gasteiger partial charge in [0.15, 0.2) is 0 Å². The van der Waals surface area contributed by atoms with Gasteiger partial charge in [-0.3, -0.25) is 4.99 Å². The summed E-state index contributed by atoms with van der Waals surface area (Å²) < 4.78 is 0. The molecular weight excluding hydrogens is 158 g/mol. The van der Waals surface area contributed by atoms with E-state index in [1.807, 2.05) is 0 Å². The number of hydrogen-bond donors (Lipinski definition) is 0. The molecule has 0 aromatic heterocycles. The number of aliphatic imine (C=N–C) groups is 1. The van der Waals surface area contributed by atoms with Crippen molar-refractivity contribution < 1.29 is 0 Å². The Balaban J connectivity index is 1.93. The van der Waals surface area contributed by atoms with Crippen LogP contribution < -0.4 is 0 Å². The van der Waals surface area contributed by atoms with E-state index < -0.39 is 0 Å². The van der Waals surface area contributed by atoms with Gasteiger partial charge < -0.3 is 0 Å². The van der Waals surface area contributed by atoms with Crippen LogP contribution in [0.4, 0.5) is 0 Å². The van der Waals surface area contributed by atoms with Crippen LogP contribution >= 0.6 is 0 Å². The molecule has 0 aromatic rings. The molecule has 1 saturated carbocycles. The molecule has 2 aliphatic rings. The van der Waals surface area contributed by atoms with Gasteiger partial charge in [0.05, 0.1) is 6.04 Å². The first-order valence-corrected chi connectivity index (χ1v) is 5.65. The fraction of sp³-hybridized carbons (Fsp3) is 0.750. The van der Waals surface area contributed by atoms with Crippen LogP contribution in [0.25, 0.3) is 0 Å². The third kappa shape index (κ3) is 2.43. The molecule has 0 N–H and O–H groups in total. The Morgan fingerprint density at radius 1 is 1.00 bits per heavy atom. The molecule has 0 spiro atoms. The third-order valence-electron chi connectivity index (χ3n) is 3.24. The predicted molar refractivity (Wildman–Crippen MR) is 57.2 cm³/mol. The lowest BCUT2D eigenvalue weighted by Gasteiger charge is -2.21. The number of rotatable bonds is 1. The summed E-state index contributed by atoms with van der Waals surface area (Å²) in [5.74, 6) is 0.843. The smallest absolute Gasteiger partial charge is 0.0704 e. The normalized spacial score (nSPS) is 30.3. The second-order valence-electron chi connectivity index (χ2n) is 4.24. The highest BCUT2D eigenvalue weighted by Crippen LogP contribution is 2.28. The molecule has 0 bridgehead atoms. The maximum Gasteiger partial charge on any atom is 0.0704 e. The number of dihydropyridines is 1. The summed E-state index contributed by atoms with van der Waals surface area (Å²) in [7, 11) is 0. The molecule has 2 rings (SSSR count). The van der Waals surface area contributed by atoms with Crippen molar-refractivity contribution >= 4 is 6.21 Å². The number of allylic oxidation sites excluding steroid dienone is 1. The van der Waals surface area contributed by atoms with Crippen molar-refractivity contribution in [1.82, 2.24) is 0 Å². The second kappa shape index (κ2) is 4.59. The molecule has 1 heterocycles. The molecule has 1 aliphatic carbocycles. The van der Waals surface area contributed by atoms with Crippen molar-refractivity contribution in [2.75, 3.05) is 0 Å². The zero-order valence-electron chi connectivity index (χ0n) is 8.28. The summed E-state index contributed by atoms with van der Waals surface area (Å²) >= 11 is 0. The highest BCUT2D eigenvalue weighted by Gasteiger charge is 2.20. The van der Waals surface area contributed by atoms with Crippen LogP contribution in [0, 0.1) is 5.92 Å². The van der Waals surface area contributed by atoms with E-state index in [9.17, 15) is 0 Å². The first-order valence-electron chi connectivity index (χ1n) is 5.65. The van der Waals surface area contributed by atoms with E-state index in [1.54, 1.807) is 0 Å². The van der Waals surface area contributed by atoms with Crippen LogP contribution in [-0.2, 0) is 0 Å². The summed E-state index contributed by atoms with van der Waals surface area (Å²) in [5.41, 5.74) is 0. The van der Waals surface area contributed by atoms with Crippen LogP contribution in [-0.4, -0.2) is 12.3 Å². The molecule has 13 heavy (non-hydrogen) atoms. The van der Waals surface area contributed by atoms with Crippen molar-refractivity contribution in [2.24, 2.45) is 10.9 Å². The molecule has 72 valence electrons. The summed E-state index contributed by atoms with van der Waals surface area (Å²) in [5, 5.41) is 0. The Morgan fingerprint density at radius 2 is 1.77 bits per heavy atom. The van der Waals surface area contributed by atoms with Gasteiger partial charge in [-0.1, -0.05) is 37.8 Å². The Bertz CT molecular complexity index is 185. The molecule has 0 radical (unpaired) electrons. The topological polar surface area (TPSA) is 12.4 Å². The zero-order valence-corrected chi connectivity index (χ0v) is 8.28. The summed E-state index contributed by atoms with van der Waals surface area (Å²) in [4.78, 5) is 4.58. The Kier molecular flexibility index (Phi) is 3.17. The average molecular weight is 177 g/mol. The van der Waals surface area contributed by atoms with Gasteiger partial charge in [0.2, 0.25) is 0 Å². The van der Waals surface area contributed by atoms with E-state index >= 15 is 0 Å². The minimum absolute atomic E-state index is 0.520. The number of nitrogens with zero attached hydrogens (tertiary/aromatic N) is 1. The Hall–Kier alpha value is -0.590. The molecule has 1 unspecified atom stereocenters. The Labute approximate surface area is 80.9 Å². The highest BCUT2D eigenvalue weighted by molar-refractivity contribution is 5.61. The summed E-state index contributed by atoms with van der Waals surface area (Å²) in [6.45, 7) is 0. The monoisotopic (exact) mass is 177 g/mol. The second-order valence-corrected chi connectivity index (χ2v) is 4.24. The quantitative estimate of drug-likeness (QED) is 0.430. The lowest BCUT2D eigenvalue weighted by Crippen LogP contribution is -2.17.